The highest BCUT2D eigenvalue weighted by atomic mass is 127. The maximum atomic E-state index is 11.9. The molecular formula is C21H29IN4O. The third-order valence-corrected chi connectivity index (χ3v) is 4.12. The summed E-state index contributed by atoms with van der Waals surface area (Å²) in [6.45, 7) is 3.62. The maximum Gasteiger partial charge on any atom is 0.241 e. The summed E-state index contributed by atoms with van der Waals surface area (Å²) < 4.78 is 0. The Kier molecular flexibility index (Phi) is 10.5. The van der Waals surface area contributed by atoms with E-state index >= 15 is 0 Å². The fourth-order valence-corrected chi connectivity index (χ4v) is 2.41. The van der Waals surface area contributed by atoms with E-state index < -0.39 is 0 Å². The number of guanidine groups is 1. The lowest BCUT2D eigenvalue weighted by Gasteiger charge is -2.15. The fourth-order valence-electron chi connectivity index (χ4n) is 2.41. The second-order valence-corrected chi connectivity index (χ2v) is 6.40. The Bertz CT molecular complexity index is 732. The van der Waals surface area contributed by atoms with E-state index in [4.69, 9.17) is 0 Å². The van der Waals surface area contributed by atoms with Crippen LogP contribution >= 0.6 is 24.0 Å². The molecule has 0 saturated carbocycles. The van der Waals surface area contributed by atoms with Gasteiger partial charge in [0.15, 0.2) is 5.96 Å². The smallest absolute Gasteiger partial charge is 0.241 e. The lowest BCUT2D eigenvalue weighted by Crippen LogP contribution is -2.43. The van der Waals surface area contributed by atoms with Crippen LogP contribution in [0.15, 0.2) is 59.6 Å². The molecule has 0 fully saturated rings. The molecule has 0 unspecified atom stereocenters. The Morgan fingerprint density at radius 2 is 1.67 bits per heavy atom. The number of hydrogen-bond donors (Lipinski definition) is 2. The van der Waals surface area contributed by atoms with E-state index in [9.17, 15) is 4.79 Å². The van der Waals surface area contributed by atoms with Crippen LogP contribution in [0.3, 0.4) is 0 Å². The van der Waals surface area contributed by atoms with Crippen molar-refractivity contribution in [3.05, 3.63) is 71.3 Å². The van der Waals surface area contributed by atoms with Gasteiger partial charge in [-0.2, -0.15) is 0 Å². The quantitative estimate of drug-likeness (QED) is 0.364. The number of nitrogens with zero attached hydrogens (tertiary/aromatic N) is 2. The monoisotopic (exact) mass is 480 g/mol. The van der Waals surface area contributed by atoms with E-state index in [1.165, 1.54) is 16.7 Å². The number of carbonyl (C=O) groups excluding carboxylic acids is 1. The van der Waals surface area contributed by atoms with Crippen LogP contribution in [-0.2, 0) is 17.8 Å². The fraction of sp³-hybridized carbons (Fsp3) is 0.333. The molecule has 6 heteroatoms. The number of rotatable bonds is 7. The van der Waals surface area contributed by atoms with E-state index in [0.29, 0.717) is 12.5 Å². The molecule has 0 radical (unpaired) electrons. The van der Waals surface area contributed by atoms with Crippen LogP contribution < -0.4 is 10.6 Å². The van der Waals surface area contributed by atoms with Crippen LogP contribution in [0.1, 0.15) is 16.7 Å². The lowest BCUT2D eigenvalue weighted by molar-refractivity contribution is -0.127. The molecule has 0 aliphatic rings. The van der Waals surface area contributed by atoms with Crippen molar-refractivity contribution in [2.75, 3.05) is 27.2 Å². The summed E-state index contributed by atoms with van der Waals surface area (Å²) in [5, 5.41) is 6.44. The molecule has 27 heavy (non-hydrogen) atoms. The molecule has 0 bridgehead atoms. The first-order chi connectivity index (χ1) is 12.6. The summed E-state index contributed by atoms with van der Waals surface area (Å²) in [5.74, 6) is 0.665. The molecule has 1 amide bonds. The predicted molar refractivity (Wildman–Crippen MR) is 123 cm³/mol. The summed E-state index contributed by atoms with van der Waals surface area (Å²) in [4.78, 5) is 18.1. The van der Waals surface area contributed by atoms with Crippen molar-refractivity contribution in [1.82, 2.24) is 15.5 Å². The van der Waals surface area contributed by atoms with Gasteiger partial charge in [0.2, 0.25) is 5.91 Å². The SMILES string of the molecule is Cc1ccccc1CN=C(NCCc1ccccc1)NCC(=O)N(C)C.I. The third-order valence-electron chi connectivity index (χ3n) is 4.12. The Hall–Kier alpha value is -2.09. The van der Waals surface area contributed by atoms with Crippen molar-refractivity contribution in [2.45, 2.75) is 19.9 Å². The predicted octanol–water partition coefficient (Wildman–Crippen LogP) is 2.98. The van der Waals surface area contributed by atoms with Gasteiger partial charge in [0, 0.05) is 20.6 Å². The van der Waals surface area contributed by atoms with E-state index in [-0.39, 0.29) is 36.4 Å². The van der Waals surface area contributed by atoms with Gasteiger partial charge in [-0.25, -0.2) is 4.99 Å². The number of aliphatic imine (C=N–C) groups is 1. The van der Waals surface area contributed by atoms with Gasteiger partial charge < -0.3 is 15.5 Å². The number of carbonyl (C=O) groups is 1. The summed E-state index contributed by atoms with van der Waals surface area (Å²) in [5.41, 5.74) is 3.66. The Morgan fingerprint density at radius 3 is 2.33 bits per heavy atom. The van der Waals surface area contributed by atoms with Crippen molar-refractivity contribution < 1.29 is 4.79 Å². The van der Waals surface area contributed by atoms with Crippen molar-refractivity contribution in [1.29, 1.82) is 0 Å². The number of hydrogen-bond acceptors (Lipinski definition) is 2. The number of benzene rings is 2. The molecular weight excluding hydrogens is 451 g/mol. The molecule has 0 aromatic heterocycles. The van der Waals surface area contributed by atoms with E-state index in [0.717, 1.165) is 13.0 Å². The molecule has 2 aromatic carbocycles. The Morgan fingerprint density at radius 1 is 1.00 bits per heavy atom. The van der Waals surface area contributed by atoms with Crippen molar-refractivity contribution >= 4 is 35.8 Å². The zero-order valence-corrected chi connectivity index (χ0v) is 18.6. The Balaban J connectivity index is 0.00000364. The number of likely N-dealkylation sites (N-methyl/N-ethyl adjacent to an activating group) is 1. The largest absolute Gasteiger partial charge is 0.356 e. The van der Waals surface area contributed by atoms with E-state index in [2.05, 4.69) is 46.8 Å². The second-order valence-electron chi connectivity index (χ2n) is 6.40. The standard InChI is InChI=1S/C21H28N4O.HI/c1-17-9-7-8-12-19(17)15-23-21(24-16-20(26)25(2)3)22-14-13-18-10-5-4-6-11-18;/h4-12H,13-16H2,1-3H3,(H2,22,23,24);1H. The van der Waals surface area contributed by atoms with Gasteiger partial charge in [0.05, 0.1) is 13.1 Å². The van der Waals surface area contributed by atoms with Crippen LogP contribution in [0.5, 0.6) is 0 Å². The van der Waals surface area contributed by atoms with Crippen LogP contribution in [0.2, 0.25) is 0 Å². The van der Waals surface area contributed by atoms with Crippen LogP contribution in [0.25, 0.3) is 0 Å². The van der Waals surface area contributed by atoms with Crippen molar-refractivity contribution in [3.8, 4) is 0 Å². The highest BCUT2D eigenvalue weighted by molar-refractivity contribution is 14.0. The van der Waals surface area contributed by atoms with E-state index in [1.807, 2.05) is 30.3 Å². The van der Waals surface area contributed by atoms with Crippen molar-refractivity contribution in [3.63, 3.8) is 0 Å². The van der Waals surface area contributed by atoms with Crippen molar-refractivity contribution in [2.24, 2.45) is 4.99 Å². The molecule has 0 aliphatic heterocycles. The average Bonchev–Trinajstić information content (AvgIpc) is 2.65. The second kappa shape index (κ2) is 12.3. The average molecular weight is 480 g/mol. The molecule has 0 atom stereocenters. The van der Waals surface area contributed by atoms with Gasteiger partial charge in [-0.3, -0.25) is 4.79 Å². The number of amides is 1. The number of aryl methyl sites for hydroxylation is 1. The summed E-state index contributed by atoms with van der Waals surface area (Å²) >= 11 is 0. The Labute approximate surface area is 179 Å². The van der Waals surface area contributed by atoms with Crippen LogP contribution in [0, 0.1) is 6.92 Å². The molecule has 0 aliphatic carbocycles. The molecule has 146 valence electrons. The zero-order valence-electron chi connectivity index (χ0n) is 16.2. The van der Waals surface area contributed by atoms with Gasteiger partial charge in [-0.15, -0.1) is 24.0 Å². The molecule has 5 nitrogen and oxygen atoms in total. The molecule has 0 spiro atoms. The van der Waals surface area contributed by atoms with Crippen LogP contribution in [-0.4, -0.2) is 44.0 Å². The first kappa shape index (κ1) is 23.0. The minimum Gasteiger partial charge on any atom is -0.356 e. The van der Waals surface area contributed by atoms with E-state index in [1.54, 1.807) is 19.0 Å². The van der Waals surface area contributed by atoms with Gasteiger partial charge in [-0.1, -0.05) is 54.6 Å². The molecule has 0 saturated heterocycles. The third kappa shape index (κ3) is 8.43. The molecule has 0 heterocycles. The highest BCUT2D eigenvalue weighted by Crippen LogP contribution is 2.08. The lowest BCUT2D eigenvalue weighted by atomic mass is 10.1. The van der Waals surface area contributed by atoms with Gasteiger partial charge in [0.1, 0.15) is 0 Å². The van der Waals surface area contributed by atoms with Gasteiger partial charge >= 0.3 is 0 Å². The van der Waals surface area contributed by atoms with Gasteiger partial charge in [-0.05, 0) is 30.0 Å². The maximum absolute atomic E-state index is 11.9. The minimum absolute atomic E-state index is 0. The molecule has 2 aromatic rings. The summed E-state index contributed by atoms with van der Waals surface area (Å²) in [6.07, 6.45) is 0.896. The first-order valence-electron chi connectivity index (χ1n) is 8.87. The molecule has 2 rings (SSSR count). The minimum atomic E-state index is 0. The van der Waals surface area contributed by atoms with Crippen LogP contribution in [0.4, 0.5) is 0 Å². The normalized spacial score (nSPS) is 10.7. The number of halogens is 1. The summed E-state index contributed by atoms with van der Waals surface area (Å²) in [6, 6.07) is 18.5. The number of nitrogens with one attached hydrogen (secondary N) is 2. The topological polar surface area (TPSA) is 56.7 Å². The molecule has 2 N–H and O–H groups in total. The first-order valence-corrected chi connectivity index (χ1v) is 8.87. The highest BCUT2D eigenvalue weighted by Gasteiger charge is 2.06. The zero-order chi connectivity index (χ0) is 18.8. The van der Waals surface area contributed by atoms with Gasteiger partial charge in [0.25, 0.3) is 0 Å². The summed E-state index contributed by atoms with van der Waals surface area (Å²) in [7, 11) is 3.49.